The molecule has 2 aromatic rings. The van der Waals surface area contributed by atoms with Crippen LogP contribution in [0.1, 0.15) is 11.1 Å². The highest BCUT2D eigenvalue weighted by atomic mass is 16.5. The summed E-state index contributed by atoms with van der Waals surface area (Å²) in [5.41, 5.74) is 1.36. The minimum Gasteiger partial charge on any atom is -0.487 e. The molecule has 0 aliphatic carbocycles. The topological polar surface area (TPSA) is 59.0 Å². The van der Waals surface area contributed by atoms with Crippen LogP contribution in [0.15, 0.2) is 41.2 Å². The molecule has 1 aromatic carbocycles. The lowest BCUT2D eigenvalue weighted by atomic mass is 10.2. The molecule has 4 nitrogen and oxygen atoms in total. The van der Waals surface area contributed by atoms with Gasteiger partial charge in [0.1, 0.15) is 24.7 Å². The smallest absolute Gasteiger partial charge is 0.137 e. The van der Waals surface area contributed by atoms with Crippen LogP contribution in [0.2, 0.25) is 0 Å². The molecule has 0 N–H and O–H groups in total. The minimum atomic E-state index is 0.349. The van der Waals surface area contributed by atoms with E-state index in [2.05, 4.69) is 15.7 Å². The van der Waals surface area contributed by atoms with E-state index >= 15 is 0 Å². The first kappa shape index (κ1) is 9.28. The van der Waals surface area contributed by atoms with E-state index in [0.29, 0.717) is 17.9 Å². The van der Waals surface area contributed by atoms with Crippen LogP contribution in [0.4, 0.5) is 0 Å². The second kappa shape index (κ2) is 4.29. The molecule has 0 saturated heterocycles. The summed E-state index contributed by atoms with van der Waals surface area (Å²) in [7, 11) is 0. The van der Waals surface area contributed by atoms with Crippen molar-refractivity contribution in [3.63, 3.8) is 0 Å². The average Bonchev–Trinajstić information content (AvgIpc) is 2.79. The number of nitriles is 1. The van der Waals surface area contributed by atoms with E-state index in [1.165, 1.54) is 6.26 Å². The maximum absolute atomic E-state index is 8.81. The molecule has 0 aliphatic heterocycles. The number of nitrogens with zero attached hydrogens (tertiary/aromatic N) is 2. The normalized spacial score (nSPS) is 9.53. The van der Waals surface area contributed by atoms with Gasteiger partial charge >= 0.3 is 0 Å². The predicted octanol–water partition coefficient (Wildman–Crippen LogP) is 2.13. The van der Waals surface area contributed by atoms with Crippen LogP contribution in [0.5, 0.6) is 5.75 Å². The molecule has 4 heteroatoms. The Labute approximate surface area is 86.7 Å². The van der Waals surface area contributed by atoms with Gasteiger partial charge in [-0.25, -0.2) is 0 Å². The summed E-state index contributed by atoms with van der Waals surface area (Å²) < 4.78 is 10.1. The summed E-state index contributed by atoms with van der Waals surface area (Å²) in [5.74, 6) is 0.571. The Morgan fingerprint density at radius 1 is 1.40 bits per heavy atom. The average molecular weight is 200 g/mol. The van der Waals surface area contributed by atoms with Crippen LogP contribution in [0.25, 0.3) is 0 Å². The van der Waals surface area contributed by atoms with Gasteiger partial charge < -0.3 is 9.26 Å². The van der Waals surface area contributed by atoms with E-state index in [4.69, 9.17) is 10.00 Å². The Bertz CT molecular complexity index is 472. The van der Waals surface area contributed by atoms with Gasteiger partial charge in [-0.05, 0) is 12.1 Å². The van der Waals surface area contributed by atoms with E-state index < -0.39 is 0 Å². The minimum absolute atomic E-state index is 0.349. The molecule has 15 heavy (non-hydrogen) atoms. The van der Waals surface area contributed by atoms with Crippen molar-refractivity contribution in [1.82, 2.24) is 5.16 Å². The van der Waals surface area contributed by atoms with Crippen molar-refractivity contribution in [1.29, 1.82) is 5.26 Å². The van der Waals surface area contributed by atoms with Crippen molar-refractivity contribution >= 4 is 0 Å². The Balaban J connectivity index is 2.08. The van der Waals surface area contributed by atoms with Crippen LogP contribution in [-0.2, 0) is 6.61 Å². The molecule has 0 atom stereocenters. The summed E-state index contributed by atoms with van der Waals surface area (Å²) in [6.45, 7) is 0.349. The highest BCUT2D eigenvalue weighted by Gasteiger charge is 2.02. The highest BCUT2D eigenvalue weighted by Crippen LogP contribution is 2.17. The Hall–Kier alpha value is -2.28. The second-order valence-electron chi connectivity index (χ2n) is 2.93. The van der Waals surface area contributed by atoms with Crippen molar-refractivity contribution in [2.75, 3.05) is 0 Å². The lowest BCUT2D eigenvalue weighted by Gasteiger charge is -2.04. The standard InChI is InChI=1S/C11H8N2O2/c12-5-10-3-1-2-4-11(10)14-7-9-6-13-15-8-9/h1-4,6,8H,7H2. The van der Waals surface area contributed by atoms with Crippen molar-refractivity contribution in [2.45, 2.75) is 6.61 Å². The van der Waals surface area contributed by atoms with Crippen molar-refractivity contribution in [2.24, 2.45) is 0 Å². The fraction of sp³-hybridized carbons (Fsp3) is 0.0909. The van der Waals surface area contributed by atoms with Gasteiger partial charge in [-0.2, -0.15) is 5.26 Å². The van der Waals surface area contributed by atoms with E-state index in [1.807, 2.05) is 6.07 Å². The molecule has 0 unspecified atom stereocenters. The fourth-order valence-corrected chi connectivity index (χ4v) is 1.14. The van der Waals surface area contributed by atoms with Crippen LogP contribution < -0.4 is 4.74 Å². The first-order valence-corrected chi connectivity index (χ1v) is 4.40. The largest absolute Gasteiger partial charge is 0.487 e. The molecule has 1 aromatic heterocycles. The van der Waals surface area contributed by atoms with Gasteiger partial charge in [-0.1, -0.05) is 17.3 Å². The van der Waals surface area contributed by atoms with Gasteiger partial charge in [-0.15, -0.1) is 0 Å². The van der Waals surface area contributed by atoms with Crippen LogP contribution in [0.3, 0.4) is 0 Å². The van der Waals surface area contributed by atoms with Crippen molar-refractivity contribution in [3.05, 3.63) is 47.9 Å². The first-order chi connectivity index (χ1) is 7.40. The third-order valence-corrected chi connectivity index (χ3v) is 1.89. The second-order valence-corrected chi connectivity index (χ2v) is 2.93. The molecule has 0 amide bonds. The van der Waals surface area contributed by atoms with Gasteiger partial charge in [0.15, 0.2) is 0 Å². The van der Waals surface area contributed by atoms with Crippen LogP contribution in [0, 0.1) is 11.3 Å². The lowest BCUT2D eigenvalue weighted by molar-refractivity contribution is 0.303. The molecule has 0 aliphatic rings. The quantitative estimate of drug-likeness (QED) is 0.761. The number of para-hydroxylation sites is 1. The molecule has 0 spiro atoms. The zero-order chi connectivity index (χ0) is 10.5. The molecule has 0 fully saturated rings. The van der Waals surface area contributed by atoms with E-state index in [0.717, 1.165) is 5.56 Å². The summed E-state index contributed by atoms with van der Waals surface area (Å²) in [6, 6.07) is 9.15. The van der Waals surface area contributed by atoms with Gasteiger partial charge in [-0.3, -0.25) is 0 Å². The Morgan fingerprint density at radius 3 is 3.00 bits per heavy atom. The highest BCUT2D eigenvalue weighted by molar-refractivity contribution is 5.42. The Morgan fingerprint density at radius 2 is 2.27 bits per heavy atom. The zero-order valence-corrected chi connectivity index (χ0v) is 7.88. The zero-order valence-electron chi connectivity index (χ0n) is 7.88. The van der Waals surface area contributed by atoms with E-state index in [-0.39, 0.29) is 0 Å². The van der Waals surface area contributed by atoms with E-state index in [1.54, 1.807) is 24.4 Å². The van der Waals surface area contributed by atoms with Gasteiger partial charge in [0, 0.05) is 5.56 Å². The van der Waals surface area contributed by atoms with Gasteiger partial charge in [0.05, 0.1) is 11.8 Å². The first-order valence-electron chi connectivity index (χ1n) is 4.40. The molecule has 0 saturated carbocycles. The molecule has 0 bridgehead atoms. The molecule has 0 radical (unpaired) electrons. The summed E-state index contributed by atoms with van der Waals surface area (Å²) in [6.07, 6.45) is 3.09. The summed E-state index contributed by atoms with van der Waals surface area (Å²) >= 11 is 0. The number of hydrogen-bond acceptors (Lipinski definition) is 4. The monoisotopic (exact) mass is 200 g/mol. The van der Waals surface area contributed by atoms with Crippen molar-refractivity contribution in [3.8, 4) is 11.8 Å². The maximum atomic E-state index is 8.81. The SMILES string of the molecule is N#Cc1ccccc1OCc1cnoc1. The number of ether oxygens (including phenoxy) is 1. The lowest BCUT2D eigenvalue weighted by Crippen LogP contribution is -1.95. The number of hydrogen-bond donors (Lipinski definition) is 0. The number of rotatable bonds is 3. The Kier molecular flexibility index (Phi) is 2.65. The van der Waals surface area contributed by atoms with Gasteiger partial charge in [0.25, 0.3) is 0 Å². The summed E-state index contributed by atoms with van der Waals surface area (Å²) in [5, 5.41) is 12.4. The van der Waals surface area contributed by atoms with Crippen LogP contribution >= 0.6 is 0 Å². The van der Waals surface area contributed by atoms with Gasteiger partial charge in [0.2, 0.25) is 0 Å². The third-order valence-electron chi connectivity index (χ3n) is 1.89. The number of aromatic nitrogens is 1. The third kappa shape index (κ3) is 2.15. The fourth-order valence-electron chi connectivity index (χ4n) is 1.14. The van der Waals surface area contributed by atoms with Crippen LogP contribution in [-0.4, -0.2) is 5.16 Å². The maximum Gasteiger partial charge on any atom is 0.137 e. The number of benzene rings is 1. The molecular formula is C11H8N2O2. The molecule has 74 valence electrons. The van der Waals surface area contributed by atoms with Crippen molar-refractivity contribution < 1.29 is 9.26 Å². The molecular weight excluding hydrogens is 192 g/mol. The summed E-state index contributed by atoms with van der Waals surface area (Å²) in [4.78, 5) is 0. The predicted molar refractivity (Wildman–Crippen MR) is 52.0 cm³/mol. The molecule has 1 heterocycles. The molecule has 2 rings (SSSR count). The van der Waals surface area contributed by atoms with E-state index in [9.17, 15) is 0 Å².